The number of aromatic nitrogens is 2. The number of aromatic carboxylic acids is 1. The van der Waals surface area contributed by atoms with Crippen LogP contribution in [-0.2, 0) is 11.3 Å². The average molecular weight is 212 g/mol. The lowest BCUT2D eigenvalue weighted by Crippen LogP contribution is -2.16. The molecule has 0 amide bonds. The molecule has 6 nitrogen and oxygen atoms in total. The molecule has 15 heavy (non-hydrogen) atoms. The minimum atomic E-state index is -1.18. The highest BCUT2D eigenvalue weighted by molar-refractivity contribution is 6.01. The summed E-state index contributed by atoms with van der Waals surface area (Å²) in [5.74, 6) is -1.84. The molecule has 0 saturated carbocycles. The summed E-state index contributed by atoms with van der Waals surface area (Å²) in [5.41, 5.74) is -0.137. The van der Waals surface area contributed by atoms with Gasteiger partial charge in [0, 0.05) is 6.54 Å². The molecule has 6 heteroatoms. The maximum Gasteiger partial charge on any atom is 0.357 e. The zero-order valence-corrected chi connectivity index (χ0v) is 8.56. The Kier molecular flexibility index (Phi) is 3.43. The molecule has 0 unspecified atom stereocenters. The van der Waals surface area contributed by atoms with Crippen LogP contribution in [0, 0.1) is 0 Å². The molecule has 0 aliphatic rings. The summed E-state index contributed by atoms with van der Waals surface area (Å²) in [4.78, 5) is 22.3. The molecular weight excluding hydrogens is 200 g/mol. The average Bonchev–Trinajstić information content (AvgIpc) is 2.61. The van der Waals surface area contributed by atoms with Gasteiger partial charge in [-0.1, -0.05) is 0 Å². The Balaban J connectivity index is 3.15. The minimum Gasteiger partial charge on any atom is -0.478 e. The molecule has 0 fully saturated rings. The number of nitrogens with zero attached hydrogens (tertiary/aromatic N) is 2. The third-order valence-corrected chi connectivity index (χ3v) is 1.84. The molecule has 0 aliphatic carbocycles. The third kappa shape index (κ3) is 2.15. The maximum absolute atomic E-state index is 11.5. The molecule has 0 atom stereocenters. The first-order valence-corrected chi connectivity index (χ1v) is 4.58. The predicted molar refractivity (Wildman–Crippen MR) is 50.8 cm³/mol. The van der Waals surface area contributed by atoms with Crippen molar-refractivity contribution in [2.75, 3.05) is 6.61 Å². The van der Waals surface area contributed by atoms with Gasteiger partial charge in [0.15, 0.2) is 5.69 Å². The van der Waals surface area contributed by atoms with E-state index in [1.807, 2.05) is 0 Å². The fourth-order valence-corrected chi connectivity index (χ4v) is 1.20. The van der Waals surface area contributed by atoms with Gasteiger partial charge in [0.2, 0.25) is 0 Å². The van der Waals surface area contributed by atoms with Gasteiger partial charge in [0.25, 0.3) is 0 Å². The van der Waals surface area contributed by atoms with Crippen molar-refractivity contribution in [3.63, 3.8) is 0 Å². The van der Waals surface area contributed by atoms with Gasteiger partial charge in [-0.05, 0) is 13.8 Å². The molecule has 0 bridgehead atoms. The fourth-order valence-electron chi connectivity index (χ4n) is 1.20. The van der Waals surface area contributed by atoms with Crippen molar-refractivity contribution in [2.24, 2.45) is 0 Å². The van der Waals surface area contributed by atoms with E-state index in [-0.39, 0.29) is 17.9 Å². The molecule has 1 aromatic heterocycles. The quantitative estimate of drug-likeness (QED) is 0.746. The van der Waals surface area contributed by atoms with Gasteiger partial charge in [-0.15, -0.1) is 0 Å². The molecule has 1 heterocycles. The summed E-state index contributed by atoms with van der Waals surface area (Å²) in [7, 11) is 0. The van der Waals surface area contributed by atoms with Crippen molar-refractivity contribution in [1.82, 2.24) is 9.78 Å². The van der Waals surface area contributed by atoms with Gasteiger partial charge >= 0.3 is 11.9 Å². The molecule has 82 valence electrons. The first-order chi connectivity index (χ1) is 7.11. The summed E-state index contributed by atoms with van der Waals surface area (Å²) >= 11 is 0. The highest BCUT2D eigenvalue weighted by atomic mass is 16.5. The van der Waals surface area contributed by atoms with Gasteiger partial charge in [-0.2, -0.15) is 5.10 Å². The van der Waals surface area contributed by atoms with Crippen LogP contribution in [0.5, 0.6) is 0 Å². The molecule has 0 spiro atoms. The van der Waals surface area contributed by atoms with E-state index < -0.39 is 11.9 Å². The monoisotopic (exact) mass is 212 g/mol. The van der Waals surface area contributed by atoms with Crippen molar-refractivity contribution < 1.29 is 19.4 Å². The number of carbonyl (C=O) groups excluding carboxylic acids is 1. The standard InChI is InChI=1S/C9H12N2O4/c1-3-11-7(9(14)15-4-2)6(5-10-11)8(12)13/h5H,3-4H2,1-2H3,(H,12,13). The summed E-state index contributed by atoms with van der Waals surface area (Å²) in [6.07, 6.45) is 1.15. The van der Waals surface area contributed by atoms with E-state index in [2.05, 4.69) is 5.10 Å². The van der Waals surface area contributed by atoms with Crippen LogP contribution >= 0.6 is 0 Å². The lowest BCUT2D eigenvalue weighted by molar-refractivity contribution is 0.0500. The lowest BCUT2D eigenvalue weighted by Gasteiger charge is -2.04. The summed E-state index contributed by atoms with van der Waals surface area (Å²) in [5, 5.41) is 12.6. The van der Waals surface area contributed by atoms with Gasteiger partial charge in [-0.3, -0.25) is 4.68 Å². The SMILES string of the molecule is CCOC(=O)c1c(C(=O)O)cnn1CC. The Morgan fingerprint density at radius 3 is 2.67 bits per heavy atom. The van der Waals surface area contributed by atoms with Gasteiger partial charge in [-0.25, -0.2) is 9.59 Å². The Bertz CT molecular complexity index is 383. The van der Waals surface area contributed by atoms with E-state index in [0.29, 0.717) is 6.54 Å². The zero-order valence-electron chi connectivity index (χ0n) is 8.56. The Labute approximate surface area is 86.5 Å². The van der Waals surface area contributed by atoms with Crippen molar-refractivity contribution in [1.29, 1.82) is 0 Å². The smallest absolute Gasteiger partial charge is 0.357 e. The first-order valence-electron chi connectivity index (χ1n) is 4.58. The van der Waals surface area contributed by atoms with Crippen molar-refractivity contribution in [3.05, 3.63) is 17.5 Å². The fraction of sp³-hybridized carbons (Fsp3) is 0.444. The zero-order chi connectivity index (χ0) is 11.4. The van der Waals surface area contributed by atoms with Crippen molar-refractivity contribution >= 4 is 11.9 Å². The van der Waals surface area contributed by atoms with Crippen LogP contribution in [0.3, 0.4) is 0 Å². The summed E-state index contributed by atoms with van der Waals surface area (Å²) < 4.78 is 6.06. The van der Waals surface area contributed by atoms with Gasteiger partial charge < -0.3 is 9.84 Å². The molecule has 1 N–H and O–H groups in total. The second-order valence-corrected chi connectivity index (χ2v) is 2.75. The van der Waals surface area contributed by atoms with Crippen LogP contribution in [0.1, 0.15) is 34.7 Å². The number of esters is 1. The Morgan fingerprint density at radius 1 is 1.53 bits per heavy atom. The van der Waals surface area contributed by atoms with Crippen LogP contribution in [0.15, 0.2) is 6.20 Å². The third-order valence-electron chi connectivity index (χ3n) is 1.84. The van der Waals surface area contributed by atoms with E-state index in [9.17, 15) is 9.59 Å². The molecule has 1 aromatic rings. The number of rotatable bonds is 4. The number of ether oxygens (including phenoxy) is 1. The molecular formula is C9H12N2O4. The molecule has 0 radical (unpaired) electrons. The summed E-state index contributed by atoms with van der Waals surface area (Å²) in [6, 6.07) is 0. The number of aryl methyl sites for hydroxylation is 1. The normalized spacial score (nSPS) is 10.0. The molecule has 1 rings (SSSR count). The van der Waals surface area contributed by atoms with E-state index in [4.69, 9.17) is 9.84 Å². The Hall–Kier alpha value is -1.85. The molecule has 0 aliphatic heterocycles. The predicted octanol–water partition coefficient (Wildman–Crippen LogP) is 0.778. The maximum atomic E-state index is 11.5. The van der Waals surface area contributed by atoms with Crippen LogP contribution in [0.25, 0.3) is 0 Å². The van der Waals surface area contributed by atoms with Crippen LogP contribution in [0.4, 0.5) is 0 Å². The number of hydrogen-bond acceptors (Lipinski definition) is 4. The first kappa shape index (κ1) is 11.2. The number of carboxylic acid groups (broad SMARTS) is 1. The van der Waals surface area contributed by atoms with Crippen LogP contribution in [-0.4, -0.2) is 33.4 Å². The van der Waals surface area contributed by atoms with E-state index in [1.165, 1.54) is 4.68 Å². The second kappa shape index (κ2) is 4.59. The summed E-state index contributed by atoms with van der Waals surface area (Å²) in [6.45, 7) is 4.04. The van der Waals surface area contributed by atoms with Crippen molar-refractivity contribution in [3.8, 4) is 0 Å². The second-order valence-electron chi connectivity index (χ2n) is 2.75. The molecule has 0 aromatic carbocycles. The minimum absolute atomic E-state index is 0.00755. The van der Waals surface area contributed by atoms with Gasteiger partial charge in [0.05, 0.1) is 12.8 Å². The Morgan fingerprint density at radius 2 is 2.20 bits per heavy atom. The van der Waals surface area contributed by atoms with Gasteiger partial charge in [0.1, 0.15) is 5.56 Å². The van der Waals surface area contributed by atoms with E-state index in [0.717, 1.165) is 6.20 Å². The highest BCUT2D eigenvalue weighted by Gasteiger charge is 2.23. The topological polar surface area (TPSA) is 81.4 Å². The van der Waals surface area contributed by atoms with E-state index in [1.54, 1.807) is 13.8 Å². The molecule has 0 saturated heterocycles. The van der Waals surface area contributed by atoms with Crippen LogP contribution < -0.4 is 0 Å². The largest absolute Gasteiger partial charge is 0.478 e. The lowest BCUT2D eigenvalue weighted by atomic mass is 10.2. The van der Waals surface area contributed by atoms with E-state index >= 15 is 0 Å². The number of hydrogen-bond donors (Lipinski definition) is 1. The highest BCUT2D eigenvalue weighted by Crippen LogP contribution is 2.10. The number of carboxylic acids is 1. The number of carbonyl (C=O) groups is 2. The van der Waals surface area contributed by atoms with Crippen molar-refractivity contribution in [2.45, 2.75) is 20.4 Å². The van der Waals surface area contributed by atoms with Crippen LogP contribution in [0.2, 0.25) is 0 Å².